The van der Waals surface area contributed by atoms with Crippen molar-refractivity contribution in [3.8, 4) is 0 Å². The Hall–Kier alpha value is -2.30. The van der Waals surface area contributed by atoms with Crippen molar-refractivity contribution in [2.75, 3.05) is 5.73 Å². The molecule has 0 saturated carbocycles. The summed E-state index contributed by atoms with van der Waals surface area (Å²) in [6.07, 6.45) is 3.37. The second kappa shape index (κ2) is 5.00. The van der Waals surface area contributed by atoms with Crippen LogP contribution in [0.25, 0.3) is 11.0 Å². The van der Waals surface area contributed by atoms with Crippen molar-refractivity contribution < 1.29 is 8.81 Å². The van der Waals surface area contributed by atoms with Crippen LogP contribution in [0, 0.1) is 5.82 Å². The summed E-state index contributed by atoms with van der Waals surface area (Å²) in [5.41, 5.74) is 7.41. The molecule has 4 nitrogen and oxygen atoms in total. The van der Waals surface area contributed by atoms with Gasteiger partial charge in [0.1, 0.15) is 11.6 Å². The third kappa shape index (κ3) is 2.27. The van der Waals surface area contributed by atoms with Crippen molar-refractivity contribution in [1.82, 2.24) is 9.55 Å². The Kier molecular flexibility index (Phi) is 3.18. The number of fused-ring (bicyclic) bond motifs is 1. The zero-order valence-electron chi connectivity index (χ0n) is 11.2. The highest BCUT2D eigenvalue weighted by molar-refractivity contribution is 5.78. The Labute approximate surface area is 116 Å². The predicted octanol–water partition coefficient (Wildman–Crippen LogP) is 3.54. The van der Waals surface area contributed by atoms with Crippen LogP contribution in [0.4, 0.5) is 10.3 Å². The topological polar surface area (TPSA) is 57.0 Å². The highest BCUT2D eigenvalue weighted by atomic mass is 19.1. The number of anilines is 1. The third-order valence-corrected chi connectivity index (χ3v) is 3.51. The van der Waals surface area contributed by atoms with Crippen LogP contribution in [-0.2, 0) is 6.42 Å². The van der Waals surface area contributed by atoms with Gasteiger partial charge in [0.2, 0.25) is 5.95 Å². The van der Waals surface area contributed by atoms with E-state index in [0.717, 1.165) is 24.1 Å². The molecule has 2 aromatic heterocycles. The zero-order valence-corrected chi connectivity index (χ0v) is 11.2. The van der Waals surface area contributed by atoms with E-state index < -0.39 is 0 Å². The van der Waals surface area contributed by atoms with Gasteiger partial charge in [-0.2, -0.15) is 0 Å². The zero-order chi connectivity index (χ0) is 14.1. The van der Waals surface area contributed by atoms with Gasteiger partial charge in [0, 0.05) is 18.5 Å². The first kappa shape index (κ1) is 12.7. The number of rotatable bonds is 4. The van der Waals surface area contributed by atoms with Gasteiger partial charge in [0.15, 0.2) is 0 Å². The second-order valence-electron chi connectivity index (χ2n) is 4.94. The molecule has 0 aliphatic heterocycles. The van der Waals surface area contributed by atoms with Crippen LogP contribution in [0.1, 0.15) is 25.1 Å². The molecular formula is C15H16FN3O. The fourth-order valence-corrected chi connectivity index (χ4v) is 2.49. The van der Waals surface area contributed by atoms with E-state index >= 15 is 0 Å². The summed E-state index contributed by atoms with van der Waals surface area (Å²) in [4.78, 5) is 4.22. The molecule has 20 heavy (non-hydrogen) atoms. The quantitative estimate of drug-likeness (QED) is 0.791. The summed E-state index contributed by atoms with van der Waals surface area (Å²) in [5.74, 6) is 1.06. The van der Waals surface area contributed by atoms with Crippen molar-refractivity contribution in [1.29, 1.82) is 0 Å². The smallest absolute Gasteiger partial charge is 0.201 e. The first-order valence-corrected chi connectivity index (χ1v) is 6.60. The van der Waals surface area contributed by atoms with E-state index in [2.05, 4.69) is 11.9 Å². The minimum atomic E-state index is -0.301. The number of nitrogens with two attached hydrogens (primary N) is 1. The molecule has 0 aliphatic rings. The maximum Gasteiger partial charge on any atom is 0.201 e. The Morgan fingerprint density at radius 1 is 1.40 bits per heavy atom. The minimum Gasteiger partial charge on any atom is -0.469 e. The highest BCUT2D eigenvalue weighted by Gasteiger charge is 2.14. The molecule has 0 saturated heterocycles. The van der Waals surface area contributed by atoms with Crippen molar-refractivity contribution in [3.63, 3.8) is 0 Å². The summed E-state index contributed by atoms with van der Waals surface area (Å²) in [7, 11) is 0. The van der Waals surface area contributed by atoms with Crippen LogP contribution in [0.5, 0.6) is 0 Å². The lowest BCUT2D eigenvalue weighted by Crippen LogP contribution is -2.09. The second-order valence-corrected chi connectivity index (χ2v) is 4.94. The summed E-state index contributed by atoms with van der Waals surface area (Å²) in [5, 5.41) is 0. The number of hydrogen-bond donors (Lipinski definition) is 1. The molecule has 104 valence electrons. The molecule has 1 aromatic carbocycles. The average molecular weight is 273 g/mol. The van der Waals surface area contributed by atoms with Gasteiger partial charge in [-0.15, -0.1) is 0 Å². The van der Waals surface area contributed by atoms with E-state index in [1.54, 1.807) is 12.3 Å². The van der Waals surface area contributed by atoms with Crippen molar-refractivity contribution in [2.45, 2.75) is 25.8 Å². The molecule has 0 aliphatic carbocycles. The Balaban J connectivity index is 1.87. The maximum absolute atomic E-state index is 13.2. The molecule has 3 rings (SSSR count). The number of hydrogen-bond acceptors (Lipinski definition) is 3. The van der Waals surface area contributed by atoms with E-state index in [9.17, 15) is 4.39 Å². The van der Waals surface area contributed by atoms with Gasteiger partial charge in [-0.3, -0.25) is 0 Å². The molecule has 5 heteroatoms. The van der Waals surface area contributed by atoms with E-state index in [0.29, 0.717) is 11.5 Å². The molecule has 0 spiro atoms. The van der Waals surface area contributed by atoms with Gasteiger partial charge in [-0.05, 0) is 37.6 Å². The van der Waals surface area contributed by atoms with Crippen molar-refractivity contribution >= 4 is 17.0 Å². The lowest BCUT2D eigenvalue weighted by molar-refractivity contribution is 0.460. The van der Waals surface area contributed by atoms with E-state index in [1.807, 2.05) is 16.7 Å². The van der Waals surface area contributed by atoms with Crippen LogP contribution < -0.4 is 5.73 Å². The molecule has 3 aromatic rings. The molecule has 0 radical (unpaired) electrons. The van der Waals surface area contributed by atoms with Gasteiger partial charge < -0.3 is 14.7 Å². The predicted molar refractivity (Wildman–Crippen MR) is 75.8 cm³/mol. The lowest BCUT2D eigenvalue weighted by atomic mass is 10.1. The number of imidazole rings is 1. The first-order chi connectivity index (χ1) is 9.65. The number of aryl methyl sites for hydroxylation is 1. The van der Waals surface area contributed by atoms with Crippen LogP contribution in [0.15, 0.2) is 41.0 Å². The van der Waals surface area contributed by atoms with E-state index in [-0.39, 0.29) is 11.9 Å². The number of benzene rings is 1. The van der Waals surface area contributed by atoms with E-state index in [4.69, 9.17) is 10.2 Å². The van der Waals surface area contributed by atoms with Crippen molar-refractivity contribution in [2.24, 2.45) is 0 Å². The Morgan fingerprint density at radius 3 is 3.00 bits per heavy atom. The van der Waals surface area contributed by atoms with Crippen LogP contribution in [0.3, 0.4) is 0 Å². The summed E-state index contributed by atoms with van der Waals surface area (Å²) in [6.45, 7) is 2.07. The molecule has 1 unspecified atom stereocenters. The Bertz CT molecular complexity index is 718. The molecule has 0 bridgehead atoms. The van der Waals surface area contributed by atoms with Gasteiger partial charge in [0.05, 0.1) is 17.3 Å². The van der Waals surface area contributed by atoms with Gasteiger partial charge in [-0.1, -0.05) is 0 Å². The molecule has 2 N–H and O–H groups in total. The largest absolute Gasteiger partial charge is 0.469 e. The molecule has 1 atom stereocenters. The normalized spacial score (nSPS) is 12.9. The standard InChI is InChI=1S/C15H16FN3O/c1-10(4-6-12-3-2-8-20-12)19-14-7-5-11(16)9-13(14)18-15(19)17/h2-3,5,7-10H,4,6H2,1H3,(H2,17,18). The fourth-order valence-electron chi connectivity index (χ4n) is 2.49. The molecular weight excluding hydrogens is 257 g/mol. The summed E-state index contributed by atoms with van der Waals surface area (Å²) >= 11 is 0. The van der Waals surface area contributed by atoms with Crippen LogP contribution >= 0.6 is 0 Å². The monoisotopic (exact) mass is 273 g/mol. The van der Waals surface area contributed by atoms with Gasteiger partial charge in [0.25, 0.3) is 0 Å². The number of aromatic nitrogens is 2. The number of halogens is 1. The average Bonchev–Trinajstić information content (AvgIpc) is 3.02. The summed E-state index contributed by atoms with van der Waals surface area (Å²) < 4.78 is 20.5. The third-order valence-electron chi connectivity index (χ3n) is 3.51. The number of furan rings is 1. The maximum atomic E-state index is 13.2. The lowest BCUT2D eigenvalue weighted by Gasteiger charge is -2.15. The van der Waals surface area contributed by atoms with Gasteiger partial charge >= 0.3 is 0 Å². The first-order valence-electron chi connectivity index (χ1n) is 6.60. The minimum absolute atomic E-state index is 0.163. The van der Waals surface area contributed by atoms with E-state index in [1.165, 1.54) is 12.1 Å². The molecule has 0 fully saturated rings. The molecule has 0 amide bonds. The SMILES string of the molecule is CC(CCc1ccco1)n1c(N)nc2cc(F)ccc21. The number of nitrogens with zero attached hydrogens (tertiary/aromatic N) is 2. The summed E-state index contributed by atoms with van der Waals surface area (Å²) in [6, 6.07) is 8.55. The fraction of sp³-hybridized carbons (Fsp3) is 0.267. The molecule has 2 heterocycles. The highest BCUT2D eigenvalue weighted by Crippen LogP contribution is 2.26. The van der Waals surface area contributed by atoms with Crippen LogP contribution in [0.2, 0.25) is 0 Å². The van der Waals surface area contributed by atoms with Gasteiger partial charge in [-0.25, -0.2) is 9.37 Å². The van der Waals surface area contributed by atoms with Crippen LogP contribution in [-0.4, -0.2) is 9.55 Å². The number of nitrogen functional groups attached to an aromatic ring is 1. The van der Waals surface area contributed by atoms with Crippen molar-refractivity contribution in [3.05, 3.63) is 48.2 Å². The Morgan fingerprint density at radius 2 is 2.25 bits per heavy atom.